The third-order valence-corrected chi connectivity index (χ3v) is 4.22. The van der Waals surface area contributed by atoms with Crippen LogP contribution in [0.2, 0.25) is 0 Å². The second kappa shape index (κ2) is 6.80. The molecule has 0 aliphatic rings. The SMILES string of the molecule is CC(C)(C)c1ccc(C(=O)Nc2nnc(-c3cccc(Br)c3)o2)cc1. The third kappa shape index (κ3) is 4.14. The van der Waals surface area contributed by atoms with Crippen molar-refractivity contribution in [3.05, 3.63) is 64.1 Å². The maximum atomic E-state index is 12.3. The van der Waals surface area contributed by atoms with Crippen LogP contribution >= 0.6 is 15.9 Å². The number of carbonyl (C=O) groups is 1. The molecule has 0 spiro atoms. The van der Waals surface area contributed by atoms with Crippen LogP contribution in [0.1, 0.15) is 36.7 Å². The van der Waals surface area contributed by atoms with Gasteiger partial charge >= 0.3 is 6.01 Å². The van der Waals surface area contributed by atoms with Crippen molar-refractivity contribution >= 4 is 27.9 Å². The van der Waals surface area contributed by atoms with Gasteiger partial charge in [0.15, 0.2) is 0 Å². The Morgan fingerprint density at radius 2 is 1.80 bits per heavy atom. The van der Waals surface area contributed by atoms with E-state index in [0.717, 1.165) is 10.0 Å². The van der Waals surface area contributed by atoms with Crippen LogP contribution in [0.3, 0.4) is 0 Å². The van der Waals surface area contributed by atoms with E-state index in [-0.39, 0.29) is 17.3 Å². The van der Waals surface area contributed by atoms with Gasteiger partial charge in [0.2, 0.25) is 5.89 Å². The lowest BCUT2D eigenvalue weighted by molar-refractivity contribution is 0.102. The minimum Gasteiger partial charge on any atom is -0.403 e. The van der Waals surface area contributed by atoms with E-state index in [1.54, 1.807) is 12.1 Å². The minimum absolute atomic E-state index is 0.0420. The number of benzene rings is 2. The Morgan fingerprint density at radius 1 is 1.08 bits per heavy atom. The van der Waals surface area contributed by atoms with Crippen molar-refractivity contribution < 1.29 is 9.21 Å². The Labute approximate surface area is 154 Å². The molecule has 0 saturated heterocycles. The Bertz CT molecular complexity index is 896. The highest BCUT2D eigenvalue weighted by Crippen LogP contribution is 2.24. The highest BCUT2D eigenvalue weighted by Gasteiger charge is 2.16. The van der Waals surface area contributed by atoms with Gasteiger partial charge in [-0.15, -0.1) is 5.10 Å². The molecule has 0 aliphatic heterocycles. The first kappa shape index (κ1) is 17.4. The summed E-state index contributed by atoms with van der Waals surface area (Å²) in [5.74, 6) is 0.0598. The molecule has 6 heteroatoms. The van der Waals surface area contributed by atoms with Crippen molar-refractivity contribution in [3.63, 3.8) is 0 Å². The van der Waals surface area contributed by atoms with Crippen molar-refractivity contribution in [1.29, 1.82) is 0 Å². The number of anilines is 1. The Kier molecular flexibility index (Phi) is 4.72. The summed E-state index contributed by atoms with van der Waals surface area (Å²) < 4.78 is 6.43. The molecule has 1 heterocycles. The largest absolute Gasteiger partial charge is 0.403 e. The average molecular weight is 400 g/mol. The number of nitrogens with zero attached hydrogens (tertiary/aromatic N) is 2. The molecular formula is C19H18BrN3O2. The Hall–Kier alpha value is -2.47. The van der Waals surface area contributed by atoms with E-state index >= 15 is 0 Å². The number of nitrogens with one attached hydrogen (secondary N) is 1. The van der Waals surface area contributed by atoms with E-state index in [0.29, 0.717) is 11.5 Å². The van der Waals surface area contributed by atoms with Crippen LogP contribution in [-0.4, -0.2) is 16.1 Å². The lowest BCUT2D eigenvalue weighted by Crippen LogP contribution is -2.14. The quantitative estimate of drug-likeness (QED) is 0.668. The molecule has 0 bridgehead atoms. The summed E-state index contributed by atoms with van der Waals surface area (Å²) in [6, 6.07) is 15.1. The molecule has 0 radical (unpaired) electrons. The van der Waals surface area contributed by atoms with Gasteiger partial charge in [-0.3, -0.25) is 10.1 Å². The highest BCUT2D eigenvalue weighted by atomic mass is 79.9. The Balaban J connectivity index is 1.73. The van der Waals surface area contributed by atoms with Crippen molar-refractivity contribution in [1.82, 2.24) is 10.2 Å². The van der Waals surface area contributed by atoms with Crippen LogP contribution in [0, 0.1) is 0 Å². The molecule has 3 aromatic rings. The van der Waals surface area contributed by atoms with E-state index in [1.165, 1.54) is 5.56 Å². The monoisotopic (exact) mass is 399 g/mol. The van der Waals surface area contributed by atoms with Crippen molar-refractivity contribution in [2.24, 2.45) is 0 Å². The molecule has 5 nitrogen and oxygen atoms in total. The van der Waals surface area contributed by atoms with Crippen molar-refractivity contribution in [2.45, 2.75) is 26.2 Å². The van der Waals surface area contributed by atoms with Gasteiger partial charge in [-0.25, -0.2) is 0 Å². The number of halogens is 1. The fourth-order valence-corrected chi connectivity index (χ4v) is 2.70. The normalized spacial score (nSPS) is 11.4. The highest BCUT2D eigenvalue weighted by molar-refractivity contribution is 9.10. The van der Waals surface area contributed by atoms with Crippen LogP contribution < -0.4 is 5.32 Å². The van der Waals surface area contributed by atoms with E-state index < -0.39 is 0 Å². The van der Waals surface area contributed by atoms with Gasteiger partial charge in [0.1, 0.15) is 0 Å². The summed E-state index contributed by atoms with van der Waals surface area (Å²) in [7, 11) is 0. The zero-order chi connectivity index (χ0) is 18.0. The molecule has 1 aromatic heterocycles. The molecule has 128 valence electrons. The number of carbonyl (C=O) groups excluding carboxylic acids is 1. The fraction of sp³-hybridized carbons (Fsp3) is 0.211. The molecule has 0 atom stereocenters. The summed E-state index contributed by atoms with van der Waals surface area (Å²) >= 11 is 3.40. The second-order valence-electron chi connectivity index (χ2n) is 6.70. The van der Waals surface area contributed by atoms with Crippen LogP contribution in [0.4, 0.5) is 6.01 Å². The van der Waals surface area contributed by atoms with E-state index in [2.05, 4.69) is 52.2 Å². The summed E-state index contributed by atoms with van der Waals surface area (Å²) in [4.78, 5) is 12.3. The van der Waals surface area contributed by atoms with Gasteiger partial charge in [0, 0.05) is 15.6 Å². The molecular weight excluding hydrogens is 382 g/mol. The zero-order valence-electron chi connectivity index (χ0n) is 14.2. The topological polar surface area (TPSA) is 68.0 Å². The van der Waals surface area contributed by atoms with Crippen molar-refractivity contribution in [2.75, 3.05) is 5.32 Å². The first-order chi connectivity index (χ1) is 11.8. The number of amides is 1. The molecule has 3 rings (SSSR count). The van der Waals surface area contributed by atoms with Gasteiger partial charge < -0.3 is 4.42 Å². The summed E-state index contributed by atoms with van der Waals surface area (Å²) in [6.07, 6.45) is 0. The first-order valence-corrected chi connectivity index (χ1v) is 8.63. The lowest BCUT2D eigenvalue weighted by Gasteiger charge is -2.18. The molecule has 0 saturated carbocycles. The molecule has 0 fully saturated rings. The smallest absolute Gasteiger partial charge is 0.322 e. The molecule has 1 amide bonds. The number of hydrogen-bond donors (Lipinski definition) is 1. The maximum absolute atomic E-state index is 12.3. The molecule has 2 aromatic carbocycles. The zero-order valence-corrected chi connectivity index (χ0v) is 15.8. The van der Waals surface area contributed by atoms with Crippen LogP contribution in [0.5, 0.6) is 0 Å². The molecule has 0 unspecified atom stereocenters. The van der Waals surface area contributed by atoms with Crippen molar-refractivity contribution in [3.8, 4) is 11.5 Å². The number of rotatable bonds is 3. The fourth-order valence-electron chi connectivity index (χ4n) is 2.30. The Morgan fingerprint density at radius 3 is 2.44 bits per heavy atom. The first-order valence-electron chi connectivity index (χ1n) is 7.84. The predicted molar refractivity (Wildman–Crippen MR) is 101 cm³/mol. The van der Waals surface area contributed by atoms with E-state index in [9.17, 15) is 4.79 Å². The summed E-state index contributed by atoms with van der Waals surface area (Å²) in [5, 5.41) is 10.5. The minimum atomic E-state index is -0.287. The summed E-state index contributed by atoms with van der Waals surface area (Å²) in [6.45, 7) is 6.39. The van der Waals surface area contributed by atoms with Crippen LogP contribution in [0.25, 0.3) is 11.5 Å². The number of aromatic nitrogens is 2. The molecule has 0 aliphatic carbocycles. The molecule has 1 N–H and O–H groups in total. The number of hydrogen-bond acceptors (Lipinski definition) is 4. The van der Waals surface area contributed by atoms with Gasteiger partial charge in [-0.05, 0) is 41.3 Å². The predicted octanol–water partition coefficient (Wildman–Crippen LogP) is 5.05. The van der Waals surface area contributed by atoms with Crippen LogP contribution in [0.15, 0.2) is 57.4 Å². The standard InChI is InChI=1S/C19H18BrN3O2/c1-19(2,3)14-9-7-12(8-10-14)16(24)21-18-23-22-17(25-18)13-5-4-6-15(20)11-13/h4-11H,1-3H3,(H,21,23,24). The van der Waals surface area contributed by atoms with Gasteiger partial charge in [-0.2, -0.15) is 0 Å². The maximum Gasteiger partial charge on any atom is 0.322 e. The van der Waals surface area contributed by atoms with E-state index in [4.69, 9.17) is 4.42 Å². The van der Waals surface area contributed by atoms with Crippen LogP contribution in [-0.2, 0) is 5.41 Å². The molecule has 25 heavy (non-hydrogen) atoms. The average Bonchev–Trinajstić information content (AvgIpc) is 3.03. The van der Waals surface area contributed by atoms with Gasteiger partial charge in [0.25, 0.3) is 5.91 Å². The van der Waals surface area contributed by atoms with Gasteiger partial charge in [0.05, 0.1) is 0 Å². The summed E-state index contributed by atoms with van der Waals surface area (Å²) in [5.41, 5.74) is 2.52. The second-order valence-corrected chi connectivity index (χ2v) is 7.62. The lowest BCUT2D eigenvalue weighted by atomic mass is 9.87. The van der Waals surface area contributed by atoms with Gasteiger partial charge in [-0.1, -0.05) is 60.0 Å². The third-order valence-electron chi connectivity index (χ3n) is 3.73. The van der Waals surface area contributed by atoms with E-state index in [1.807, 2.05) is 36.4 Å².